The van der Waals surface area contributed by atoms with Crippen molar-refractivity contribution in [1.82, 2.24) is 4.57 Å². The first kappa shape index (κ1) is 36.1. The molecule has 0 radical (unpaired) electrons. The maximum Gasteiger partial charge on any atom is 0.143 e. The third-order valence-corrected chi connectivity index (χ3v) is 12.8. The molecule has 0 aliphatic carbocycles. The molecular formula is C60H38N2O2. The van der Waals surface area contributed by atoms with Crippen LogP contribution in [0.25, 0.3) is 105 Å². The molecule has 0 atom stereocenters. The fourth-order valence-electron chi connectivity index (χ4n) is 9.74. The topological polar surface area (TPSA) is 34.5 Å². The molecule has 300 valence electrons. The maximum absolute atomic E-state index is 6.50. The molecule has 4 heteroatoms. The Labute approximate surface area is 369 Å². The fourth-order valence-corrected chi connectivity index (χ4v) is 9.74. The van der Waals surface area contributed by atoms with Crippen LogP contribution < -0.4 is 4.90 Å². The zero-order valence-corrected chi connectivity index (χ0v) is 34.7. The van der Waals surface area contributed by atoms with Crippen molar-refractivity contribution in [3.05, 3.63) is 231 Å². The summed E-state index contributed by atoms with van der Waals surface area (Å²) in [6.07, 6.45) is 0. The average Bonchev–Trinajstić information content (AvgIpc) is 4.04. The van der Waals surface area contributed by atoms with Crippen LogP contribution in [0.5, 0.6) is 0 Å². The smallest absolute Gasteiger partial charge is 0.143 e. The summed E-state index contributed by atoms with van der Waals surface area (Å²) in [5.74, 6) is 0. The van der Waals surface area contributed by atoms with E-state index in [9.17, 15) is 0 Å². The van der Waals surface area contributed by atoms with Crippen LogP contribution in [0.4, 0.5) is 17.1 Å². The third kappa shape index (κ3) is 5.84. The summed E-state index contributed by atoms with van der Waals surface area (Å²) in [5, 5.41) is 6.92. The molecule has 0 N–H and O–H groups in total. The van der Waals surface area contributed by atoms with Gasteiger partial charge in [-0.05, 0) is 113 Å². The van der Waals surface area contributed by atoms with Gasteiger partial charge < -0.3 is 18.3 Å². The Kier molecular flexibility index (Phi) is 8.18. The highest BCUT2D eigenvalue weighted by atomic mass is 16.3. The van der Waals surface area contributed by atoms with E-state index in [1.807, 2.05) is 18.2 Å². The van der Waals surface area contributed by atoms with Crippen molar-refractivity contribution < 1.29 is 8.83 Å². The maximum atomic E-state index is 6.50. The lowest BCUT2D eigenvalue weighted by Gasteiger charge is -2.26. The van der Waals surface area contributed by atoms with Gasteiger partial charge in [-0.25, -0.2) is 0 Å². The van der Waals surface area contributed by atoms with Crippen LogP contribution >= 0.6 is 0 Å². The lowest BCUT2D eigenvalue weighted by Crippen LogP contribution is -2.09. The summed E-state index contributed by atoms with van der Waals surface area (Å²) in [6, 6.07) is 82.1. The Balaban J connectivity index is 0.888. The minimum Gasteiger partial charge on any atom is -0.456 e. The van der Waals surface area contributed by atoms with Gasteiger partial charge in [0.15, 0.2) is 0 Å². The van der Waals surface area contributed by atoms with Crippen LogP contribution in [0.3, 0.4) is 0 Å². The number of benzene rings is 10. The second kappa shape index (κ2) is 14.5. The second-order valence-electron chi connectivity index (χ2n) is 16.5. The first-order chi connectivity index (χ1) is 31.7. The normalized spacial score (nSPS) is 11.8. The molecule has 0 saturated carbocycles. The van der Waals surface area contributed by atoms with Gasteiger partial charge in [-0.15, -0.1) is 0 Å². The van der Waals surface area contributed by atoms with E-state index in [2.05, 4.69) is 222 Å². The number of para-hydroxylation sites is 4. The molecule has 13 aromatic rings. The van der Waals surface area contributed by atoms with Gasteiger partial charge in [0.2, 0.25) is 0 Å². The van der Waals surface area contributed by atoms with Crippen LogP contribution in [0, 0.1) is 0 Å². The highest BCUT2D eigenvalue weighted by Gasteiger charge is 2.18. The SMILES string of the molecule is c1ccc(-c2cccc3c2oc2ccc(-c4ccc(N(c5ccc(-c6ccc7c(c6)c6ccccc6n7-c6ccccc6)cc5)c5ccc6c(c5)oc5ccccc56)cc4)cc23)cc1. The molecule has 0 aliphatic rings. The summed E-state index contributed by atoms with van der Waals surface area (Å²) in [6.45, 7) is 0. The molecule has 0 amide bonds. The van der Waals surface area contributed by atoms with E-state index in [4.69, 9.17) is 8.83 Å². The van der Waals surface area contributed by atoms with Crippen molar-refractivity contribution in [2.45, 2.75) is 0 Å². The second-order valence-corrected chi connectivity index (χ2v) is 16.5. The molecule has 13 rings (SSSR count). The van der Waals surface area contributed by atoms with Crippen molar-refractivity contribution in [3.8, 4) is 39.1 Å². The van der Waals surface area contributed by atoms with Gasteiger partial charge in [-0.1, -0.05) is 140 Å². The quantitative estimate of drug-likeness (QED) is 0.161. The van der Waals surface area contributed by atoms with Gasteiger partial charge in [0.05, 0.1) is 11.0 Å². The van der Waals surface area contributed by atoms with Gasteiger partial charge in [0.1, 0.15) is 22.3 Å². The van der Waals surface area contributed by atoms with E-state index in [-0.39, 0.29) is 0 Å². The van der Waals surface area contributed by atoms with E-state index in [1.165, 1.54) is 27.4 Å². The molecule has 0 unspecified atom stereocenters. The summed E-state index contributed by atoms with van der Waals surface area (Å²) in [5.41, 5.74) is 17.0. The van der Waals surface area contributed by atoms with Crippen molar-refractivity contribution in [3.63, 3.8) is 0 Å². The van der Waals surface area contributed by atoms with Crippen LogP contribution in [-0.2, 0) is 0 Å². The Morgan fingerprint density at radius 2 is 0.859 bits per heavy atom. The van der Waals surface area contributed by atoms with E-state index >= 15 is 0 Å². The summed E-state index contributed by atoms with van der Waals surface area (Å²) >= 11 is 0. The number of rotatable bonds is 7. The molecule has 0 aliphatic heterocycles. The first-order valence-corrected chi connectivity index (χ1v) is 21.7. The predicted molar refractivity (Wildman–Crippen MR) is 266 cm³/mol. The van der Waals surface area contributed by atoms with E-state index in [0.717, 1.165) is 94.4 Å². The lowest BCUT2D eigenvalue weighted by atomic mass is 10.00. The van der Waals surface area contributed by atoms with Gasteiger partial charge in [-0.3, -0.25) is 0 Å². The number of anilines is 3. The predicted octanol–water partition coefficient (Wildman–Crippen LogP) is 17.1. The van der Waals surface area contributed by atoms with Crippen LogP contribution in [0.1, 0.15) is 0 Å². The Morgan fingerprint density at radius 3 is 1.62 bits per heavy atom. The molecule has 0 bridgehead atoms. The monoisotopic (exact) mass is 818 g/mol. The molecule has 4 nitrogen and oxygen atoms in total. The molecule has 3 heterocycles. The number of nitrogens with zero attached hydrogens (tertiary/aromatic N) is 2. The minimum absolute atomic E-state index is 0.857. The zero-order valence-electron chi connectivity index (χ0n) is 34.7. The molecule has 10 aromatic carbocycles. The molecule has 64 heavy (non-hydrogen) atoms. The van der Waals surface area contributed by atoms with Gasteiger partial charge in [-0.2, -0.15) is 0 Å². The lowest BCUT2D eigenvalue weighted by molar-refractivity contribution is 0.669. The number of fused-ring (bicyclic) bond motifs is 9. The third-order valence-electron chi connectivity index (χ3n) is 12.8. The number of furan rings is 2. The number of aromatic nitrogens is 1. The molecule has 0 saturated heterocycles. The summed E-state index contributed by atoms with van der Waals surface area (Å²) in [7, 11) is 0. The van der Waals surface area contributed by atoms with Gasteiger partial charge in [0, 0.05) is 66.7 Å². The van der Waals surface area contributed by atoms with Crippen molar-refractivity contribution in [2.75, 3.05) is 4.90 Å². The molecule has 3 aromatic heterocycles. The van der Waals surface area contributed by atoms with Crippen LogP contribution in [-0.4, -0.2) is 4.57 Å². The Bertz CT molecular complexity index is 3880. The summed E-state index contributed by atoms with van der Waals surface area (Å²) < 4.78 is 15.3. The van der Waals surface area contributed by atoms with Crippen LogP contribution in [0.15, 0.2) is 239 Å². The number of hydrogen-bond donors (Lipinski definition) is 0. The Hall–Kier alpha value is -8.60. The largest absolute Gasteiger partial charge is 0.456 e. The zero-order chi connectivity index (χ0) is 42.1. The van der Waals surface area contributed by atoms with Crippen molar-refractivity contribution in [2.24, 2.45) is 0 Å². The first-order valence-electron chi connectivity index (χ1n) is 21.7. The molecule has 0 spiro atoms. The highest BCUT2D eigenvalue weighted by molar-refractivity contribution is 6.12. The fraction of sp³-hybridized carbons (Fsp3) is 0. The Morgan fingerprint density at radius 1 is 0.297 bits per heavy atom. The van der Waals surface area contributed by atoms with E-state index in [0.29, 0.717) is 0 Å². The van der Waals surface area contributed by atoms with Crippen molar-refractivity contribution >= 4 is 82.7 Å². The minimum atomic E-state index is 0.857. The number of hydrogen-bond acceptors (Lipinski definition) is 3. The molecular weight excluding hydrogens is 781 g/mol. The highest BCUT2D eigenvalue weighted by Crippen LogP contribution is 2.42. The summed E-state index contributed by atoms with van der Waals surface area (Å²) in [4.78, 5) is 2.31. The van der Waals surface area contributed by atoms with E-state index in [1.54, 1.807) is 0 Å². The van der Waals surface area contributed by atoms with Crippen LogP contribution in [0.2, 0.25) is 0 Å². The standard InChI is InChI=1S/C60H38N2O2/c1-3-12-41(13-4-1)48-18-11-19-52-54-37-43(27-35-58(54)64-60(48)52)40-24-30-46(31-25-40)61(47-32-33-51-50-17-8-10-21-57(50)63-59(51)38-47)45-28-22-39(23-29-45)42-26-34-56-53(36-42)49-16-7-9-20-55(49)62(56)44-14-5-2-6-15-44/h1-38H. The van der Waals surface area contributed by atoms with Gasteiger partial charge in [0.25, 0.3) is 0 Å². The average molecular weight is 819 g/mol. The molecule has 0 fully saturated rings. The van der Waals surface area contributed by atoms with Crippen molar-refractivity contribution in [1.29, 1.82) is 0 Å². The van der Waals surface area contributed by atoms with E-state index < -0.39 is 0 Å². The van der Waals surface area contributed by atoms with Gasteiger partial charge >= 0.3 is 0 Å².